The second kappa shape index (κ2) is 7.72. The molecule has 1 saturated carbocycles. The molecule has 20 heavy (non-hydrogen) atoms. The molecular weight excluding hydrogens is 266 g/mol. The standard InChI is InChI=1S/C16H25N3S/c17-15-7-3-13(4-8-15)10-19-9-12-1-5-14(6-2-12)16(18)11-20/h1-2,5-6,11,13,15,19-20H,3-4,7-10,17-18H2/b16-11-. The van der Waals surface area contributed by atoms with Gasteiger partial charge in [0.25, 0.3) is 0 Å². The van der Waals surface area contributed by atoms with Crippen molar-refractivity contribution in [2.45, 2.75) is 38.3 Å². The average molecular weight is 291 g/mol. The summed E-state index contributed by atoms with van der Waals surface area (Å²) in [7, 11) is 0. The summed E-state index contributed by atoms with van der Waals surface area (Å²) >= 11 is 4.07. The lowest BCUT2D eigenvalue weighted by atomic mass is 9.86. The van der Waals surface area contributed by atoms with Gasteiger partial charge in [0, 0.05) is 18.3 Å². The first-order valence-electron chi connectivity index (χ1n) is 7.34. The van der Waals surface area contributed by atoms with Crippen molar-refractivity contribution >= 4 is 18.3 Å². The average Bonchev–Trinajstić information content (AvgIpc) is 2.49. The monoisotopic (exact) mass is 291 g/mol. The van der Waals surface area contributed by atoms with Crippen LogP contribution in [-0.2, 0) is 6.54 Å². The van der Waals surface area contributed by atoms with Crippen molar-refractivity contribution < 1.29 is 0 Å². The maximum atomic E-state index is 5.93. The zero-order valence-electron chi connectivity index (χ0n) is 11.9. The number of hydrogen-bond donors (Lipinski definition) is 4. The molecule has 0 heterocycles. The molecule has 0 atom stereocenters. The largest absolute Gasteiger partial charge is 0.398 e. The summed E-state index contributed by atoms with van der Waals surface area (Å²) in [5, 5.41) is 5.17. The van der Waals surface area contributed by atoms with Crippen molar-refractivity contribution in [1.82, 2.24) is 5.32 Å². The van der Waals surface area contributed by atoms with E-state index in [0.29, 0.717) is 11.7 Å². The smallest absolute Gasteiger partial charge is 0.0449 e. The summed E-state index contributed by atoms with van der Waals surface area (Å²) in [6, 6.07) is 8.74. The van der Waals surface area contributed by atoms with Crippen molar-refractivity contribution in [1.29, 1.82) is 0 Å². The molecule has 0 unspecified atom stereocenters. The van der Waals surface area contributed by atoms with Gasteiger partial charge >= 0.3 is 0 Å². The van der Waals surface area contributed by atoms with Crippen LogP contribution in [0.1, 0.15) is 36.8 Å². The summed E-state index contributed by atoms with van der Waals surface area (Å²) in [5.74, 6) is 0.789. The van der Waals surface area contributed by atoms with Crippen molar-refractivity contribution in [3.63, 3.8) is 0 Å². The normalized spacial score (nSPS) is 23.8. The SMILES string of the molecule is N/C(=C\S)c1ccc(CNCC2CCC(N)CC2)cc1. The highest BCUT2D eigenvalue weighted by Crippen LogP contribution is 2.22. The molecule has 5 N–H and O–H groups in total. The number of nitrogens with two attached hydrogens (primary N) is 2. The van der Waals surface area contributed by atoms with Crippen LogP contribution >= 0.6 is 12.6 Å². The Morgan fingerprint density at radius 3 is 2.45 bits per heavy atom. The van der Waals surface area contributed by atoms with Gasteiger partial charge in [0.1, 0.15) is 0 Å². The zero-order valence-corrected chi connectivity index (χ0v) is 12.8. The Morgan fingerprint density at radius 2 is 1.85 bits per heavy atom. The number of nitrogens with one attached hydrogen (secondary N) is 1. The predicted octanol–water partition coefficient (Wildman–Crippen LogP) is 2.48. The van der Waals surface area contributed by atoms with Gasteiger partial charge in [-0.2, -0.15) is 0 Å². The maximum Gasteiger partial charge on any atom is 0.0449 e. The molecule has 0 bridgehead atoms. The van der Waals surface area contributed by atoms with E-state index in [1.165, 1.54) is 31.2 Å². The molecule has 3 nitrogen and oxygen atoms in total. The fourth-order valence-corrected chi connectivity index (χ4v) is 2.85. The van der Waals surface area contributed by atoms with E-state index in [1.807, 2.05) is 12.1 Å². The van der Waals surface area contributed by atoms with Crippen LogP contribution in [0, 0.1) is 5.92 Å². The Hall–Kier alpha value is -0.970. The van der Waals surface area contributed by atoms with Gasteiger partial charge in [-0.1, -0.05) is 24.3 Å². The highest BCUT2D eigenvalue weighted by atomic mass is 32.1. The van der Waals surface area contributed by atoms with Crippen molar-refractivity contribution in [2.24, 2.45) is 17.4 Å². The Bertz CT molecular complexity index is 434. The highest BCUT2D eigenvalue weighted by Gasteiger charge is 2.17. The topological polar surface area (TPSA) is 64.1 Å². The number of hydrogen-bond acceptors (Lipinski definition) is 4. The lowest BCUT2D eigenvalue weighted by molar-refractivity contribution is 0.314. The van der Waals surface area contributed by atoms with Gasteiger partial charge in [0.2, 0.25) is 0 Å². The van der Waals surface area contributed by atoms with Crippen LogP contribution < -0.4 is 16.8 Å². The lowest BCUT2D eigenvalue weighted by Gasteiger charge is -2.26. The van der Waals surface area contributed by atoms with E-state index in [4.69, 9.17) is 11.5 Å². The highest BCUT2D eigenvalue weighted by molar-refractivity contribution is 7.83. The molecule has 4 heteroatoms. The molecule has 1 aliphatic carbocycles. The minimum Gasteiger partial charge on any atom is -0.398 e. The third-order valence-electron chi connectivity index (χ3n) is 4.08. The van der Waals surface area contributed by atoms with Crippen molar-refractivity contribution in [3.8, 4) is 0 Å². The number of rotatable bonds is 5. The fourth-order valence-electron chi connectivity index (χ4n) is 2.70. The van der Waals surface area contributed by atoms with Crippen LogP contribution in [0.25, 0.3) is 5.70 Å². The van der Waals surface area contributed by atoms with Crippen LogP contribution in [0.5, 0.6) is 0 Å². The summed E-state index contributed by atoms with van der Waals surface area (Å²) in [5.41, 5.74) is 14.7. The molecule has 1 aromatic rings. The molecule has 0 spiro atoms. The Kier molecular flexibility index (Phi) is 5.95. The third-order valence-corrected chi connectivity index (χ3v) is 4.36. The van der Waals surface area contributed by atoms with E-state index >= 15 is 0 Å². The minimum atomic E-state index is 0.434. The lowest BCUT2D eigenvalue weighted by Crippen LogP contribution is -2.31. The van der Waals surface area contributed by atoms with Crippen LogP contribution in [0.15, 0.2) is 29.7 Å². The number of thiol groups is 1. The van der Waals surface area contributed by atoms with E-state index in [2.05, 4.69) is 30.1 Å². The van der Waals surface area contributed by atoms with Crippen LogP contribution in [0.2, 0.25) is 0 Å². The molecule has 2 rings (SSSR count). The molecule has 1 aromatic carbocycles. The number of benzene rings is 1. The molecule has 0 aromatic heterocycles. The van der Waals surface area contributed by atoms with Gasteiger partial charge in [-0.3, -0.25) is 0 Å². The van der Waals surface area contributed by atoms with Crippen LogP contribution in [0.3, 0.4) is 0 Å². The molecule has 1 fully saturated rings. The molecular formula is C16H25N3S. The van der Waals surface area contributed by atoms with E-state index in [1.54, 1.807) is 5.41 Å². The Balaban J connectivity index is 1.74. The van der Waals surface area contributed by atoms with Gasteiger partial charge in [-0.15, -0.1) is 12.6 Å². The molecule has 0 radical (unpaired) electrons. The molecule has 1 aliphatic rings. The van der Waals surface area contributed by atoms with Crippen LogP contribution in [0.4, 0.5) is 0 Å². The maximum absolute atomic E-state index is 5.93. The van der Waals surface area contributed by atoms with Gasteiger partial charge in [-0.05, 0) is 54.7 Å². The van der Waals surface area contributed by atoms with Gasteiger partial charge in [0.15, 0.2) is 0 Å². The summed E-state index contributed by atoms with van der Waals surface area (Å²) in [6.07, 6.45) is 4.87. The second-order valence-corrected chi connectivity index (χ2v) is 5.95. The fraction of sp³-hybridized carbons (Fsp3) is 0.500. The van der Waals surface area contributed by atoms with Crippen molar-refractivity contribution in [3.05, 3.63) is 40.8 Å². The summed E-state index contributed by atoms with van der Waals surface area (Å²) in [4.78, 5) is 0. The quantitative estimate of drug-likeness (QED) is 0.630. The Labute approximate surface area is 127 Å². The third kappa shape index (κ3) is 4.54. The molecule has 110 valence electrons. The molecule has 0 aliphatic heterocycles. The second-order valence-electron chi connectivity index (χ2n) is 5.69. The first-order chi connectivity index (χ1) is 9.69. The zero-order chi connectivity index (χ0) is 14.4. The summed E-state index contributed by atoms with van der Waals surface area (Å²) < 4.78 is 0. The molecule has 0 saturated heterocycles. The van der Waals surface area contributed by atoms with Crippen molar-refractivity contribution in [2.75, 3.05) is 6.54 Å². The first kappa shape index (κ1) is 15.4. The van der Waals surface area contributed by atoms with E-state index in [9.17, 15) is 0 Å². The van der Waals surface area contributed by atoms with Gasteiger partial charge in [-0.25, -0.2) is 0 Å². The van der Waals surface area contributed by atoms with Gasteiger partial charge in [0.05, 0.1) is 0 Å². The van der Waals surface area contributed by atoms with E-state index in [-0.39, 0.29) is 0 Å². The van der Waals surface area contributed by atoms with E-state index < -0.39 is 0 Å². The first-order valence-corrected chi connectivity index (χ1v) is 7.86. The minimum absolute atomic E-state index is 0.434. The van der Waals surface area contributed by atoms with E-state index in [0.717, 1.165) is 24.6 Å². The molecule has 0 amide bonds. The Morgan fingerprint density at radius 1 is 1.20 bits per heavy atom. The van der Waals surface area contributed by atoms with Gasteiger partial charge < -0.3 is 16.8 Å². The van der Waals surface area contributed by atoms with Crippen LogP contribution in [-0.4, -0.2) is 12.6 Å². The predicted molar refractivity (Wildman–Crippen MR) is 89.2 cm³/mol. The summed E-state index contributed by atoms with van der Waals surface area (Å²) in [6.45, 7) is 2.00.